The number of carbonyl (C=O) groups is 1. The monoisotopic (exact) mass is 365 g/mol. The number of hydrogen-bond donors (Lipinski definition) is 3. The number of rotatable bonds is 6. The minimum absolute atomic E-state index is 0.100. The van der Waals surface area contributed by atoms with Gasteiger partial charge in [-0.25, -0.2) is 4.98 Å². The molecule has 1 aliphatic rings. The third-order valence-corrected chi connectivity index (χ3v) is 5.08. The predicted molar refractivity (Wildman–Crippen MR) is 101 cm³/mol. The lowest BCUT2D eigenvalue weighted by molar-refractivity contribution is -0.121. The molecule has 7 nitrogen and oxygen atoms in total. The van der Waals surface area contributed by atoms with E-state index in [-0.39, 0.29) is 24.3 Å². The van der Waals surface area contributed by atoms with E-state index in [2.05, 4.69) is 25.1 Å². The summed E-state index contributed by atoms with van der Waals surface area (Å²) in [7, 11) is 0. The largest absolute Gasteiger partial charge is 0.391 e. The smallest absolute Gasteiger partial charge is 0.226 e. The fourth-order valence-corrected chi connectivity index (χ4v) is 3.82. The number of benzene rings is 1. The molecule has 4 rings (SSSR count). The lowest BCUT2D eigenvalue weighted by atomic mass is 10.1. The van der Waals surface area contributed by atoms with Gasteiger partial charge in [0.05, 0.1) is 18.6 Å². The molecule has 1 amide bonds. The van der Waals surface area contributed by atoms with Gasteiger partial charge in [-0.15, -0.1) is 0 Å². The summed E-state index contributed by atoms with van der Waals surface area (Å²) in [5.74, 6) is 1.11. The predicted octanol–water partition coefficient (Wildman–Crippen LogP) is 1.77. The minimum atomic E-state index is -0.524. The number of H-pyrrole nitrogens is 1. The third-order valence-electron chi connectivity index (χ3n) is 5.08. The molecular formula is C20H23N5O2. The first-order valence-corrected chi connectivity index (χ1v) is 9.21. The average molecular weight is 365 g/mol. The Morgan fingerprint density at radius 3 is 2.85 bits per heavy atom. The number of nitrogens with one attached hydrogen (secondary N) is 2. The van der Waals surface area contributed by atoms with Crippen molar-refractivity contribution < 1.29 is 9.90 Å². The highest BCUT2D eigenvalue weighted by atomic mass is 16.3. The summed E-state index contributed by atoms with van der Waals surface area (Å²) < 4.78 is 2.13. The number of aromatic nitrogens is 4. The van der Waals surface area contributed by atoms with Crippen molar-refractivity contribution in [3.8, 4) is 11.4 Å². The van der Waals surface area contributed by atoms with Crippen LogP contribution in [0.4, 0.5) is 0 Å². The van der Waals surface area contributed by atoms with Crippen LogP contribution in [0.3, 0.4) is 0 Å². The lowest BCUT2D eigenvalue weighted by Crippen LogP contribution is -2.40. The molecule has 1 unspecified atom stereocenters. The summed E-state index contributed by atoms with van der Waals surface area (Å²) in [6.45, 7) is 0.772. The molecule has 2 aromatic heterocycles. The molecule has 3 N–H and O–H groups in total. The number of aliphatic hydroxyl groups excluding tert-OH is 1. The molecule has 27 heavy (non-hydrogen) atoms. The van der Waals surface area contributed by atoms with Crippen LogP contribution in [0.2, 0.25) is 0 Å². The minimum Gasteiger partial charge on any atom is -0.391 e. The molecule has 0 saturated heterocycles. The molecule has 0 aliphatic heterocycles. The Kier molecular flexibility index (Phi) is 5.02. The molecule has 2 heterocycles. The number of imidazole rings is 1. The second kappa shape index (κ2) is 7.75. The van der Waals surface area contributed by atoms with E-state index < -0.39 is 6.10 Å². The zero-order valence-electron chi connectivity index (χ0n) is 15.0. The van der Waals surface area contributed by atoms with Crippen LogP contribution in [0.1, 0.15) is 18.5 Å². The van der Waals surface area contributed by atoms with E-state index in [1.165, 1.54) is 0 Å². The Morgan fingerprint density at radius 1 is 1.22 bits per heavy atom. The van der Waals surface area contributed by atoms with Gasteiger partial charge in [-0.3, -0.25) is 9.89 Å². The molecule has 0 spiro atoms. The Bertz CT molecular complexity index is 875. The van der Waals surface area contributed by atoms with E-state index in [0.717, 1.165) is 30.0 Å². The number of aliphatic hydroxyl groups is 1. The lowest BCUT2D eigenvalue weighted by Gasteiger charge is -2.16. The molecule has 1 fully saturated rings. The number of carbonyl (C=O) groups excluding carboxylic acids is 1. The van der Waals surface area contributed by atoms with Gasteiger partial charge in [-0.05, 0) is 24.8 Å². The number of amides is 1. The quantitative estimate of drug-likeness (QED) is 0.620. The highest BCUT2D eigenvalue weighted by Crippen LogP contribution is 2.29. The molecule has 7 heteroatoms. The molecule has 140 valence electrons. The van der Waals surface area contributed by atoms with Crippen molar-refractivity contribution in [2.75, 3.05) is 0 Å². The molecule has 3 aromatic rings. The van der Waals surface area contributed by atoms with Crippen molar-refractivity contribution in [1.82, 2.24) is 25.1 Å². The van der Waals surface area contributed by atoms with Crippen LogP contribution >= 0.6 is 0 Å². The highest BCUT2D eigenvalue weighted by molar-refractivity contribution is 5.78. The van der Waals surface area contributed by atoms with Gasteiger partial charge in [-0.1, -0.05) is 30.3 Å². The molecule has 1 saturated carbocycles. The van der Waals surface area contributed by atoms with Gasteiger partial charge in [0.15, 0.2) is 0 Å². The Hall–Kier alpha value is -2.93. The normalized spacial score (nSPS) is 22.0. The van der Waals surface area contributed by atoms with Gasteiger partial charge >= 0.3 is 0 Å². The summed E-state index contributed by atoms with van der Waals surface area (Å²) in [6, 6.07) is 11.6. The van der Waals surface area contributed by atoms with E-state index in [1.54, 1.807) is 18.5 Å². The van der Waals surface area contributed by atoms with E-state index >= 15 is 0 Å². The number of hydrogen-bond acceptors (Lipinski definition) is 4. The molecule has 1 aromatic carbocycles. The van der Waals surface area contributed by atoms with Crippen molar-refractivity contribution in [2.24, 2.45) is 5.92 Å². The first-order valence-electron chi connectivity index (χ1n) is 9.21. The third kappa shape index (κ3) is 4.09. The van der Waals surface area contributed by atoms with Crippen LogP contribution in [-0.4, -0.2) is 42.9 Å². The second-order valence-electron chi connectivity index (χ2n) is 7.11. The molecule has 3 atom stereocenters. The van der Waals surface area contributed by atoms with Crippen molar-refractivity contribution in [1.29, 1.82) is 0 Å². The maximum Gasteiger partial charge on any atom is 0.226 e. The van der Waals surface area contributed by atoms with Gasteiger partial charge in [0.25, 0.3) is 0 Å². The molecule has 0 bridgehead atoms. The second-order valence-corrected chi connectivity index (χ2v) is 7.11. The van der Waals surface area contributed by atoms with Crippen molar-refractivity contribution in [2.45, 2.75) is 38.0 Å². The average Bonchev–Trinajstić information content (AvgIpc) is 3.39. The van der Waals surface area contributed by atoms with Crippen LogP contribution in [0.5, 0.6) is 0 Å². The first-order chi connectivity index (χ1) is 13.2. The molecule has 0 radical (unpaired) electrons. The Balaban J connectivity index is 1.37. The van der Waals surface area contributed by atoms with Gasteiger partial charge in [0.1, 0.15) is 5.82 Å². The summed E-state index contributed by atoms with van der Waals surface area (Å²) in [5.41, 5.74) is 1.84. The van der Waals surface area contributed by atoms with Crippen molar-refractivity contribution >= 4 is 5.91 Å². The van der Waals surface area contributed by atoms with E-state index in [1.807, 2.05) is 36.5 Å². The highest BCUT2D eigenvalue weighted by Gasteiger charge is 2.34. The van der Waals surface area contributed by atoms with E-state index in [4.69, 9.17) is 0 Å². The summed E-state index contributed by atoms with van der Waals surface area (Å²) >= 11 is 0. The van der Waals surface area contributed by atoms with Crippen LogP contribution in [-0.2, 0) is 17.8 Å². The fourth-order valence-electron chi connectivity index (χ4n) is 3.82. The zero-order chi connectivity index (χ0) is 18.6. The summed E-state index contributed by atoms with van der Waals surface area (Å²) in [4.78, 5) is 16.7. The number of aromatic amines is 1. The summed E-state index contributed by atoms with van der Waals surface area (Å²) in [5, 5.41) is 20.0. The van der Waals surface area contributed by atoms with Gasteiger partial charge < -0.3 is 15.0 Å². The van der Waals surface area contributed by atoms with Gasteiger partial charge in [-0.2, -0.15) is 5.10 Å². The SMILES string of the molecule is O=C(Cc1ccn[nH]1)N[C@@H]1CC(Cn2ccnc2-c2ccccc2)C[C@H]1O. The Labute approximate surface area is 157 Å². The van der Waals surface area contributed by atoms with Crippen molar-refractivity contribution in [3.05, 3.63) is 60.7 Å². The maximum absolute atomic E-state index is 12.2. The van der Waals surface area contributed by atoms with E-state index in [9.17, 15) is 9.90 Å². The van der Waals surface area contributed by atoms with Crippen LogP contribution in [0.15, 0.2) is 55.0 Å². The van der Waals surface area contributed by atoms with Gasteiger partial charge in [0.2, 0.25) is 5.91 Å². The maximum atomic E-state index is 12.2. The molecular weight excluding hydrogens is 342 g/mol. The van der Waals surface area contributed by atoms with E-state index in [0.29, 0.717) is 6.42 Å². The summed E-state index contributed by atoms with van der Waals surface area (Å²) in [6.07, 6.45) is 6.54. The van der Waals surface area contributed by atoms with Crippen LogP contribution in [0.25, 0.3) is 11.4 Å². The van der Waals surface area contributed by atoms with Crippen LogP contribution in [0, 0.1) is 5.92 Å². The topological polar surface area (TPSA) is 95.8 Å². The standard InChI is InChI=1S/C20H23N5O2/c26-18-11-14(10-17(18)23-19(27)12-16-6-7-22-24-16)13-25-9-8-21-20(25)15-4-2-1-3-5-15/h1-9,14,17-18,26H,10-13H2,(H,22,24)(H,23,27)/t14?,17-,18-/m1/s1. The zero-order valence-corrected chi connectivity index (χ0v) is 15.0. The first kappa shape index (κ1) is 17.5. The fraction of sp³-hybridized carbons (Fsp3) is 0.350. The molecule has 1 aliphatic carbocycles. The number of nitrogens with zero attached hydrogens (tertiary/aromatic N) is 3. The van der Waals surface area contributed by atoms with Crippen molar-refractivity contribution in [3.63, 3.8) is 0 Å². The Morgan fingerprint density at radius 2 is 2.07 bits per heavy atom. The van der Waals surface area contributed by atoms with Gasteiger partial charge in [0, 0.05) is 36.4 Å². The van der Waals surface area contributed by atoms with Crippen LogP contribution < -0.4 is 5.32 Å².